The highest BCUT2D eigenvalue weighted by Crippen LogP contribution is 2.39. The lowest BCUT2D eigenvalue weighted by Crippen LogP contribution is -2.32. The predicted molar refractivity (Wildman–Crippen MR) is 254 cm³/mol. The average Bonchev–Trinajstić information content (AvgIpc) is 3.28. The fraction of sp³-hybridized carbons (Fsp3) is 0.0877. The van der Waals surface area contributed by atoms with E-state index in [1.165, 1.54) is 82.9 Å². The van der Waals surface area contributed by atoms with Crippen molar-refractivity contribution in [3.8, 4) is 33.4 Å². The van der Waals surface area contributed by atoms with Gasteiger partial charge >= 0.3 is 0 Å². The molecular formula is C57H49N. The Morgan fingerprint density at radius 2 is 1.33 bits per heavy atom. The molecular weight excluding hydrogens is 699 g/mol. The molecule has 0 aliphatic heterocycles. The van der Waals surface area contributed by atoms with Gasteiger partial charge in [-0.25, -0.2) is 0 Å². The van der Waals surface area contributed by atoms with E-state index in [-0.39, 0.29) is 6.04 Å². The van der Waals surface area contributed by atoms with E-state index >= 15 is 0 Å². The van der Waals surface area contributed by atoms with Crippen LogP contribution >= 0.6 is 0 Å². The molecule has 7 aromatic rings. The molecule has 1 aliphatic rings. The lowest BCUT2D eigenvalue weighted by Gasteiger charge is -2.34. The Morgan fingerprint density at radius 3 is 2.09 bits per heavy atom. The largest absolute Gasteiger partial charge is 0.338 e. The Kier molecular flexibility index (Phi) is 11.4. The SMILES string of the molecule is C=C/C=C\C=C(/C)N(c1ccc(-c2cc3ccccc3c(C)c2/C=C\C=C/C)cc1)C1C=CC(c2ccc(-c3ccc4ccccc4c3)c(-c3ccccc3)c2)=CC1. The third-order valence-corrected chi connectivity index (χ3v) is 11.3. The van der Waals surface area contributed by atoms with E-state index in [2.05, 4.69) is 233 Å². The van der Waals surface area contributed by atoms with Gasteiger partial charge in [-0.05, 0) is 141 Å². The highest BCUT2D eigenvalue weighted by Gasteiger charge is 2.21. The first-order valence-electron chi connectivity index (χ1n) is 20.3. The van der Waals surface area contributed by atoms with Gasteiger partial charge in [0.2, 0.25) is 0 Å². The molecule has 0 heterocycles. The maximum atomic E-state index is 3.88. The molecule has 1 aliphatic carbocycles. The van der Waals surface area contributed by atoms with Gasteiger partial charge in [-0.15, -0.1) is 0 Å². The van der Waals surface area contributed by atoms with E-state index in [0.29, 0.717) is 0 Å². The minimum absolute atomic E-state index is 0.149. The topological polar surface area (TPSA) is 3.24 Å². The van der Waals surface area contributed by atoms with Crippen molar-refractivity contribution in [2.45, 2.75) is 33.2 Å². The third kappa shape index (κ3) is 7.99. The van der Waals surface area contributed by atoms with Crippen LogP contribution in [0.3, 0.4) is 0 Å². The summed E-state index contributed by atoms with van der Waals surface area (Å²) in [5.41, 5.74) is 14.7. The van der Waals surface area contributed by atoms with Gasteiger partial charge in [0.1, 0.15) is 0 Å². The number of allylic oxidation sites excluding steroid dienone is 10. The summed E-state index contributed by atoms with van der Waals surface area (Å²) in [6, 6.07) is 53.4. The van der Waals surface area contributed by atoms with E-state index in [4.69, 9.17) is 0 Å². The Labute approximate surface area is 344 Å². The summed E-state index contributed by atoms with van der Waals surface area (Å²) < 4.78 is 0. The van der Waals surface area contributed by atoms with Gasteiger partial charge in [0.25, 0.3) is 0 Å². The van der Waals surface area contributed by atoms with Crippen molar-refractivity contribution in [2.75, 3.05) is 4.90 Å². The molecule has 282 valence electrons. The monoisotopic (exact) mass is 747 g/mol. The van der Waals surface area contributed by atoms with Gasteiger partial charge in [-0.3, -0.25) is 0 Å². The molecule has 0 aromatic heterocycles. The number of aryl methyl sites for hydroxylation is 1. The molecule has 58 heavy (non-hydrogen) atoms. The van der Waals surface area contributed by atoms with E-state index in [0.717, 1.165) is 12.1 Å². The van der Waals surface area contributed by atoms with E-state index < -0.39 is 0 Å². The van der Waals surface area contributed by atoms with Crippen molar-refractivity contribution in [2.24, 2.45) is 0 Å². The number of hydrogen-bond acceptors (Lipinski definition) is 1. The van der Waals surface area contributed by atoms with E-state index in [1.807, 2.05) is 12.2 Å². The maximum Gasteiger partial charge on any atom is 0.0557 e. The van der Waals surface area contributed by atoms with Crippen molar-refractivity contribution in [3.63, 3.8) is 0 Å². The number of benzene rings is 7. The number of fused-ring (bicyclic) bond motifs is 2. The molecule has 0 radical (unpaired) electrons. The van der Waals surface area contributed by atoms with Crippen LogP contribution in [0.4, 0.5) is 5.69 Å². The molecule has 8 rings (SSSR count). The van der Waals surface area contributed by atoms with Crippen molar-refractivity contribution in [1.82, 2.24) is 0 Å². The molecule has 0 bridgehead atoms. The Balaban J connectivity index is 1.12. The van der Waals surface area contributed by atoms with Crippen molar-refractivity contribution < 1.29 is 0 Å². The lowest BCUT2D eigenvalue weighted by atomic mass is 9.88. The average molecular weight is 748 g/mol. The first-order valence-corrected chi connectivity index (χ1v) is 20.3. The van der Waals surface area contributed by atoms with E-state index in [9.17, 15) is 0 Å². The zero-order valence-corrected chi connectivity index (χ0v) is 33.6. The summed E-state index contributed by atoms with van der Waals surface area (Å²) in [4.78, 5) is 2.46. The maximum absolute atomic E-state index is 3.88. The zero-order valence-electron chi connectivity index (χ0n) is 33.6. The minimum Gasteiger partial charge on any atom is -0.338 e. The van der Waals surface area contributed by atoms with Gasteiger partial charge in [0.15, 0.2) is 0 Å². The molecule has 0 N–H and O–H groups in total. The normalized spacial score (nSPS) is 14.6. The highest BCUT2D eigenvalue weighted by atomic mass is 15.2. The summed E-state index contributed by atoms with van der Waals surface area (Å²) in [5.74, 6) is 0. The van der Waals surface area contributed by atoms with Crippen LogP contribution in [0.2, 0.25) is 0 Å². The second kappa shape index (κ2) is 17.5. The van der Waals surface area contributed by atoms with Gasteiger partial charge in [0, 0.05) is 11.4 Å². The van der Waals surface area contributed by atoms with Crippen LogP contribution in [0.15, 0.2) is 219 Å². The van der Waals surface area contributed by atoms with Crippen LogP contribution in [0.5, 0.6) is 0 Å². The van der Waals surface area contributed by atoms with E-state index in [1.54, 1.807) is 0 Å². The fourth-order valence-electron chi connectivity index (χ4n) is 8.28. The van der Waals surface area contributed by atoms with Crippen molar-refractivity contribution in [3.05, 3.63) is 235 Å². The van der Waals surface area contributed by atoms with Crippen LogP contribution in [0.25, 0.3) is 66.6 Å². The second-order valence-corrected chi connectivity index (χ2v) is 14.9. The molecule has 0 fully saturated rings. The van der Waals surface area contributed by atoms with Gasteiger partial charge in [-0.1, -0.05) is 183 Å². The van der Waals surface area contributed by atoms with Gasteiger partial charge < -0.3 is 4.90 Å². The summed E-state index contributed by atoms with van der Waals surface area (Å²) in [7, 11) is 0. The van der Waals surface area contributed by atoms with Crippen LogP contribution in [0, 0.1) is 6.92 Å². The number of anilines is 1. The zero-order chi connectivity index (χ0) is 39.8. The molecule has 7 aromatic carbocycles. The minimum atomic E-state index is 0.149. The van der Waals surface area contributed by atoms with Crippen LogP contribution in [-0.2, 0) is 0 Å². The Bertz CT molecular complexity index is 2790. The third-order valence-electron chi connectivity index (χ3n) is 11.3. The molecule has 1 unspecified atom stereocenters. The van der Waals surface area contributed by atoms with Crippen molar-refractivity contribution in [1.29, 1.82) is 0 Å². The van der Waals surface area contributed by atoms with Crippen LogP contribution < -0.4 is 4.90 Å². The molecule has 0 saturated heterocycles. The van der Waals surface area contributed by atoms with Crippen LogP contribution in [0.1, 0.15) is 37.0 Å². The highest BCUT2D eigenvalue weighted by molar-refractivity contribution is 5.96. The van der Waals surface area contributed by atoms with Crippen LogP contribution in [-0.4, -0.2) is 6.04 Å². The molecule has 0 amide bonds. The first-order chi connectivity index (χ1) is 28.5. The molecule has 1 nitrogen and oxygen atoms in total. The Morgan fingerprint density at radius 1 is 0.621 bits per heavy atom. The molecule has 1 atom stereocenters. The second-order valence-electron chi connectivity index (χ2n) is 14.9. The standard InChI is InChI=1S/C57H49N/c1-5-7-10-18-41(3)58(52-35-30-46(31-36-52)56-40-49-23-16-17-24-53(49)42(4)54(56)25-11-8-6-2)51-33-28-44(29-34-51)48-32-37-55(57(39-48)45-20-12-9-13-21-45)50-27-26-43-19-14-15-22-47(43)38-50/h5-33,35-40,51H,1,34H2,2-4H3/b8-6-,10-7-,25-11-,41-18+. The lowest BCUT2D eigenvalue weighted by molar-refractivity contribution is 0.754. The fourth-order valence-corrected chi connectivity index (χ4v) is 8.28. The smallest absolute Gasteiger partial charge is 0.0557 e. The summed E-state index contributed by atoms with van der Waals surface area (Å²) in [5, 5.41) is 5.05. The Hall–Kier alpha value is -6.96. The summed E-state index contributed by atoms with van der Waals surface area (Å²) >= 11 is 0. The number of hydrogen-bond donors (Lipinski definition) is 0. The van der Waals surface area contributed by atoms with Crippen molar-refractivity contribution >= 4 is 38.9 Å². The number of nitrogens with zero attached hydrogens (tertiary/aromatic N) is 1. The molecule has 0 saturated carbocycles. The molecule has 1 heteroatoms. The molecule has 0 spiro atoms. The van der Waals surface area contributed by atoms with Gasteiger partial charge in [-0.2, -0.15) is 0 Å². The number of rotatable bonds is 11. The summed E-state index contributed by atoms with van der Waals surface area (Å²) in [6.45, 7) is 10.4. The summed E-state index contributed by atoms with van der Waals surface area (Å²) in [6.07, 6.45) is 24.6. The quantitative estimate of drug-likeness (QED) is 0.119. The predicted octanol–water partition coefficient (Wildman–Crippen LogP) is 15.8. The first kappa shape index (κ1) is 37.9. The van der Waals surface area contributed by atoms with Gasteiger partial charge in [0.05, 0.1) is 6.04 Å².